The van der Waals surface area contributed by atoms with Crippen LogP contribution in [0.25, 0.3) is 0 Å². The van der Waals surface area contributed by atoms with Gasteiger partial charge in [-0.2, -0.15) is 0 Å². The Bertz CT molecular complexity index is 1470. The van der Waals surface area contributed by atoms with Gasteiger partial charge >= 0.3 is 29.8 Å². The van der Waals surface area contributed by atoms with E-state index < -0.39 is 126 Å². The van der Waals surface area contributed by atoms with E-state index in [4.69, 9.17) is 56.8 Å². The third-order valence-corrected chi connectivity index (χ3v) is 9.65. The molecule has 0 aromatic carbocycles. The number of amides is 1. The molecule has 310 valence electrons. The van der Waals surface area contributed by atoms with Gasteiger partial charge in [0.2, 0.25) is 10.8 Å². The van der Waals surface area contributed by atoms with Gasteiger partial charge in [0.25, 0.3) is 0 Å². The summed E-state index contributed by atoms with van der Waals surface area (Å²) in [5.74, 6) is -6.67. The number of thioether (sulfide) groups is 1. The molecule has 0 aromatic heterocycles. The van der Waals surface area contributed by atoms with Gasteiger partial charge in [-0.3, -0.25) is 24.0 Å². The van der Waals surface area contributed by atoms with Crippen LogP contribution in [-0.2, 0) is 85.6 Å². The molecule has 20 heteroatoms. The van der Waals surface area contributed by atoms with Gasteiger partial charge in [0, 0.05) is 41.0 Å². The molecule has 4 rings (SSSR count). The zero-order chi connectivity index (χ0) is 40.9. The molecule has 10 atom stereocenters. The Morgan fingerprint density at radius 1 is 0.818 bits per heavy atom. The fourth-order valence-electron chi connectivity index (χ4n) is 6.94. The highest BCUT2D eigenvalue weighted by Gasteiger charge is 2.62. The van der Waals surface area contributed by atoms with Crippen molar-refractivity contribution in [1.82, 2.24) is 5.32 Å². The maximum atomic E-state index is 13.7. The standard InChI is InChI=1S/C35H51NO18S/c1-18(37)36-34(49-22(5)41)14-23(26(47-21(4)40)25(46-20(3)39)16-45-19(2)38)50-35(17-34,31(42)43-10)55-13-11-12-44-15-24-27-28(52-32(6,7)51-27)29-30(48-24)54-33(8,9)53-29/h11,13,23-30H,12,14-17H2,1-10H3,(H,36,37)/b13-11+/t23-,24-,25?,26?,27+,28+,29-,30-,34-,35+/m1/s1. The lowest BCUT2D eigenvalue weighted by Gasteiger charge is -2.49. The summed E-state index contributed by atoms with van der Waals surface area (Å²) >= 11 is 0.785. The van der Waals surface area contributed by atoms with Crippen LogP contribution in [0.1, 0.15) is 75.2 Å². The van der Waals surface area contributed by atoms with Crippen molar-refractivity contribution < 1.29 is 85.6 Å². The summed E-state index contributed by atoms with van der Waals surface area (Å²) in [5.41, 5.74) is -1.95. The molecule has 55 heavy (non-hydrogen) atoms. The molecule has 0 bridgehead atoms. The van der Waals surface area contributed by atoms with Crippen molar-refractivity contribution in [2.45, 2.75) is 146 Å². The number of esters is 5. The van der Waals surface area contributed by atoms with Crippen LogP contribution < -0.4 is 5.32 Å². The largest absolute Gasteiger partial charge is 0.466 e. The summed E-state index contributed by atoms with van der Waals surface area (Å²) in [6, 6.07) is 0. The van der Waals surface area contributed by atoms with E-state index >= 15 is 0 Å². The predicted molar refractivity (Wildman–Crippen MR) is 185 cm³/mol. The van der Waals surface area contributed by atoms with Gasteiger partial charge in [-0.15, -0.1) is 0 Å². The number of rotatable bonds is 15. The zero-order valence-corrected chi connectivity index (χ0v) is 33.4. The van der Waals surface area contributed by atoms with Crippen LogP contribution >= 0.6 is 11.8 Å². The number of ether oxygens (including phenoxy) is 12. The van der Waals surface area contributed by atoms with Crippen molar-refractivity contribution in [2.24, 2.45) is 0 Å². The van der Waals surface area contributed by atoms with Gasteiger partial charge < -0.3 is 62.2 Å². The van der Waals surface area contributed by atoms with E-state index in [2.05, 4.69) is 5.32 Å². The molecule has 0 radical (unpaired) electrons. The summed E-state index contributed by atoms with van der Waals surface area (Å²) in [5, 5.41) is 4.08. The number of hydrogen-bond donors (Lipinski definition) is 1. The lowest BCUT2D eigenvalue weighted by molar-refractivity contribution is -0.242. The smallest absolute Gasteiger partial charge is 0.349 e. The maximum absolute atomic E-state index is 13.7. The molecule has 2 unspecified atom stereocenters. The van der Waals surface area contributed by atoms with Crippen molar-refractivity contribution in [3.63, 3.8) is 0 Å². The third-order valence-electron chi connectivity index (χ3n) is 8.54. The Balaban J connectivity index is 1.59. The first-order chi connectivity index (χ1) is 25.6. The fraction of sp³-hybridized carbons (Fsp3) is 0.771. The van der Waals surface area contributed by atoms with Gasteiger partial charge in [-0.05, 0) is 33.1 Å². The van der Waals surface area contributed by atoms with E-state index in [0.29, 0.717) is 0 Å². The van der Waals surface area contributed by atoms with Crippen molar-refractivity contribution in [3.05, 3.63) is 11.5 Å². The molecule has 0 aliphatic carbocycles. The van der Waals surface area contributed by atoms with Gasteiger partial charge in [0.05, 0.1) is 26.7 Å². The molecule has 1 amide bonds. The predicted octanol–water partition coefficient (Wildman–Crippen LogP) is 1.52. The van der Waals surface area contributed by atoms with Gasteiger partial charge in [-0.1, -0.05) is 17.8 Å². The van der Waals surface area contributed by atoms with Crippen LogP contribution in [0.4, 0.5) is 0 Å². The number of hydrogen-bond acceptors (Lipinski definition) is 19. The average molecular weight is 806 g/mol. The minimum atomic E-state index is -2.09. The van der Waals surface area contributed by atoms with E-state index in [1.165, 1.54) is 12.3 Å². The maximum Gasteiger partial charge on any atom is 0.349 e. The van der Waals surface area contributed by atoms with Crippen molar-refractivity contribution in [2.75, 3.05) is 26.9 Å². The van der Waals surface area contributed by atoms with Gasteiger partial charge in [0.1, 0.15) is 37.1 Å². The first-order valence-electron chi connectivity index (χ1n) is 17.6. The Kier molecular flexibility index (Phi) is 14.4. The van der Waals surface area contributed by atoms with Crippen LogP contribution in [0.2, 0.25) is 0 Å². The summed E-state index contributed by atoms with van der Waals surface area (Å²) < 4.78 is 69.6. The molecule has 0 aromatic rings. The number of fused-ring (bicyclic) bond motifs is 3. The number of methoxy groups -OCH3 is 1. The summed E-state index contributed by atoms with van der Waals surface area (Å²) in [6.07, 6.45) is -6.61. The van der Waals surface area contributed by atoms with Crippen LogP contribution in [0, 0.1) is 0 Å². The first kappa shape index (κ1) is 44.3. The minimum absolute atomic E-state index is 0.000108. The zero-order valence-electron chi connectivity index (χ0n) is 32.6. The first-order valence-corrected chi connectivity index (χ1v) is 18.5. The molecule has 4 saturated heterocycles. The molecule has 4 aliphatic rings. The van der Waals surface area contributed by atoms with E-state index in [-0.39, 0.29) is 13.2 Å². The molecule has 4 aliphatic heterocycles. The molecule has 4 heterocycles. The minimum Gasteiger partial charge on any atom is -0.466 e. The summed E-state index contributed by atoms with van der Waals surface area (Å²) in [6.45, 7) is 12.2. The second-order valence-electron chi connectivity index (χ2n) is 14.3. The Morgan fingerprint density at radius 2 is 1.45 bits per heavy atom. The average Bonchev–Trinajstić information content (AvgIpc) is 3.55. The summed E-state index contributed by atoms with van der Waals surface area (Å²) in [7, 11) is 1.10. The van der Waals surface area contributed by atoms with Gasteiger partial charge in [0.15, 0.2) is 35.8 Å². The third kappa shape index (κ3) is 11.6. The second kappa shape index (κ2) is 17.8. The second-order valence-corrected chi connectivity index (χ2v) is 15.5. The molecule has 0 saturated carbocycles. The van der Waals surface area contributed by atoms with E-state index in [0.717, 1.165) is 46.6 Å². The SMILES string of the molecule is COC(=O)[C@@]1(S/C=C/COC[C@H]2O[C@@H]3OC(C)(C)O[C@@H]3[C@H]3OC(C)(C)O[C@H]32)C[C@](NC(C)=O)(OC(C)=O)C[C@H](C(OC(C)=O)C(COC(C)=O)OC(C)=O)O1. The highest BCUT2D eigenvalue weighted by atomic mass is 32.2. The molecular weight excluding hydrogens is 754 g/mol. The fourth-order valence-corrected chi connectivity index (χ4v) is 8.01. The number of carbonyl (C=O) groups excluding carboxylic acids is 6. The highest BCUT2D eigenvalue weighted by Crippen LogP contribution is 2.47. The topological polar surface area (TPSA) is 225 Å². The van der Waals surface area contributed by atoms with Crippen molar-refractivity contribution in [1.29, 1.82) is 0 Å². The number of carbonyl (C=O) groups is 6. The van der Waals surface area contributed by atoms with Crippen LogP contribution in [0.5, 0.6) is 0 Å². The van der Waals surface area contributed by atoms with Crippen LogP contribution in [0.15, 0.2) is 11.5 Å². The molecular formula is C35H51NO18S. The van der Waals surface area contributed by atoms with E-state index in [9.17, 15) is 28.8 Å². The summed E-state index contributed by atoms with van der Waals surface area (Å²) in [4.78, 5) is 73.0. The van der Waals surface area contributed by atoms with E-state index in [1.807, 2.05) is 0 Å². The van der Waals surface area contributed by atoms with Crippen molar-refractivity contribution >= 4 is 47.5 Å². The molecule has 19 nitrogen and oxygen atoms in total. The lowest BCUT2D eigenvalue weighted by Crippen LogP contribution is -2.66. The Hall–Kier alpha value is -3.37. The highest BCUT2D eigenvalue weighted by molar-refractivity contribution is 8.04. The van der Waals surface area contributed by atoms with Crippen LogP contribution in [0.3, 0.4) is 0 Å². The van der Waals surface area contributed by atoms with Crippen LogP contribution in [-0.4, -0.2) is 134 Å². The van der Waals surface area contributed by atoms with Gasteiger partial charge in [-0.25, -0.2) is 4.79 Å². The molecule has 4 fully saturated rings. The van der Waals surface area contributed by atoms with Crippen molar-refractivity contribution in [3.8, 4) is 0 Å². The number of nitrogens with one attached hydrogen (secondary N) is 1. The normalized spacial score (nSPS) is 33.0. The monoisotopic (exact) mass is 805 g/mol. The molecule has 0 spiro atoms. The molecule has 1 N–H and O–H groups in total. The Morgan fingerprint density at radius 3 is 2.05 bits per heavy atom. The Labute approximate surface area is 322 Å². The quantitative estimate of drug-likeness (QED) is 0.107. The van der Waals surface area contributed by atoms with E-state index in [1.54, 1.807) is 33.8 Å². The lowest BCUT2D eigenvalue weighted by atomic mass is 9.89.